The highest BCUT2D eigenvalue weighted by Gasteiger charge is 2.25. The van der Waals surface area contributed by atoms with E-state index < -0.39 is 17.7 Å². The van der Waals surface area contributed by atoms with Crippen molar-refractivity contribution in [2.45, 2.75) is 38.8 Å². The molecule has 1 atom stereocenters. The smallest absolute Gasteiger partial charge is 0.408 e. The molecular formula is C17H19NO3. The Morgan fingerprint density at radius 3 is 2.81 bits per heavy atom. The number of ether oxygens (including phenoxy) is 1. The summed E-state index contributed by atoms with van der Waals surface area (Å²) in [4.78, 5) is 11.9. The van der Waals surface area contributed by atoms with Crippen molar-refractivity contribution >= 4 is 11.7 Å². The molecule has 0 aliphatic heterocycles. The molecule has 2 rings (SSSR count). The third kappa shape index (κ3) is 3.57. The molecule has 0 fully saturated rings. The highest BCUT2D eigenvalue weighted by atomic mass is 16.6. The molecule has 0 aromatic heterocycles. The average molecular weight is 285 g/mol. The fourth-order valence-corrected chi connectivity index (χ4v) is 2.25. The fraction of sp³-hybridized carbons (Fsp3) is 0.353. The number of aromatic hydroxyl groups is 1. The van der Waals surface area contributed by atoms with Crippen LogP contribution in [0.25, 0.3) is 5.57 Å². The molecule has 0 saturated carbocycles. The van der Waals surface area contributed by atoms with Gasteiger partial charge in [0.1, 0.15) is 17.4 Å². The topological polar surface area (TPSA) is 58.6 Å². The number of benzene rings is 1. The van der Waals surface area contributed by atoms with Crippen LogP contribution in [0.15, 0.2) is 24.3 Å². The van der Waals surface area contributed by atoms with Crippen LogP contribution < -0.4 is 5.32 Å². The summed E-state index contributed by atoms with van der Waals surface area (Å²) < 4.78 is 5.22. The summed E-state index contributed by atoms with van der Waals surface area (Å²) in [7, 11) is 0. The quantitative estimate of drug-likeness (QED) is 0.821. The zero-order valence-electron chi connectivity index (χ0n) is 12.4. The van der Waals surface area contributed by atoms with Crippen LogP contribution in [0.1, 0.15) is 31.9 Å². The Labute approximate surface area is 124 Å². The molecule has 110 valence electrons. The number of carbonyl (C=O) groups is 1. The van der Waals surface area contributed by atoms with Crippen LogP contribution in [0.5, 0.6) is 5.75 Å². The summed E-state index contributed by atoms with van der Waals surface area (Å²) in [6, 6.07) is 4.58. The van der Waals surface area contributed by atoms with Gasteiger partial charge < -0.3 is 15.2 Å². The Hall–Kier alpha value is -2.41. The summed E-state index contributed by atoms with van der Waals surface area (Å²) >= 11 is 0. The molecule has 0 saturated heterocycles. The van der Waals surface area contributed by atoms with Crippen LogP contribution in [0.4, 0.5) is 4.79 Å². The molecule has 4 heteroatoms. The Kier molecular flexibility index (Phi) is 3.95. The Bertz CT molecular complexity index is 632. The van der Waals surface area contributed by atoms with Crippen molar-refractivity contribution in [1.82, 2.24) is 5.32 Å². The molecule has 4 nitrogen and oxygen atoms in total. The molecule has 1 aliphatic rings. The minimum atomic E-state index is -0.581. The van der Waals surface area contributed by atoms with Gasteiger partial charge in [-0.1, -0.05) is 18.1 Å². The number of alkyl carbamates (subject to hydrolysis) is 1. The number of amides is 1. The van der Waals surface area contributed by atoms with Crippen LogP contribution in [0.3, 0.4) is 0 Å². The minimum Gasteiger partial charge on any atom is -0.508 e. The summed E-state index contributed by atoms with van der Waals surface area (Å²) in [5.41, 5.74) is 2.18. The predicted octanol–water partition coefficient (Wildman–Crippen LogP) is 2.86. The molecule has 0 heterocycles. The van der Waals surface area contributed by atoms with Gasteiger partial charge in [0.05, 0.1) is 0 Å². The van der Waals surface area contributed by atoms with E-state index in [2.05, 4.69) is 11.2 Å². The van der Waals surface area contributed by atoms with Crippen molar-refractivity contribution in [2.24, 2.45) is 0 Å². The van der Waals surface area contributed by atoms with E-state index in [0.717, 1.165) is 23.1 Å². The van der Waals surface area contributed by atoms with E-state index in [9.17, 15) is 9.90 Å². The first-order valence-electron chi connectivity index (χ1n) is 6.78. The standard InChI is InChI=1S/C17H19NO3/c1-5-15(18-16(20)21-17(2,3)4)13-9-7-11-6-8-12(19)10-14(11)13/h1,6,8-10,15,19H,7H2,2-4H3,(H,18,20). The fourth-order valence-electron chi connectivity index (χ4n) is 2.25. The van der Waals surface area contributed by atoms with E-state index >= 15 is 0 Å². The van der Waals surface area contributed by atoms with Gasteiger partial charge in [0, 0.05) is 0 Å². The molecule has 1 aromatic carbocycles. The van der Waals surface area contributed by atoms with Crippen LogP contribution in [0.2, 0.25) is 0 Å². The minimum absolute atomic E-state index is 0.176. The highest BCUT2D eigenvalue weighted by Crippen LogP contribution is 2.32. The van der Waals surface area contributed by atoms with Crippen LogP contribution in [0, 0.1) is 12.3 Å². The van der Waals surface area contributed by atoms with Crippen molar-refractivity contribution in [3.63, 3.8) is 0 Å². The number of nitrogens with one attached hydrogen (secondary N) is 1. The van der Waals surface area contributed by atoms with Crippen molar-refractivity contribution in [1.29, 1.82) is 0 Å². The lowest BCUT2D eigenvalue weighted by Gasteiger charge is -2.22. The van der Waals surface area contributed by atoms with Crippen LogP contribution in [-0.2, 0) is 11.2 Å². The van der Waals surface area contributed by atoms with Gasteiger partial charge in [0.15, 0.2) is 0 Å². The lowest BCUT2D eigenvalue weighted by atomic mass is 10.00. The first kappa shape index (κ1) is 15.0. The molecule has 0 spiro atoms. The number of rotatable bonds is 2. The first-order chi connectivity index (χ1) is 9.80. The van der Waals surface area contributed by atoms with Gasteiger partial charge in [-0.15, -0.1) is 6.42 Å². The number of allylic oxidation sites excluding steroid dienone is 1. The molecule has 1 aliphatic carbocycles. The zero-order valence-corrected chi connectivity index (χ0v) is 12.4. The van der Waals surface area contributed by atoms with E-state index in [1.807, 2.05) is 12.1 Å². The number of phenols is 1. The van der Waals surface area contributed by atoms with Gasteiger partial charge >= 0.3 is 6.09 Å². The second-order valence-electron chi connectivity index (χ2n) is 5.95. The maximum Gasteiger partial charge on any atom is 0.408 e. The molecule has 1 amide bonds. The van der Waals surface area contributed by atoms with Crippen LogP contribution >= 0.6 is 0 Å². The maximum atomic E-state index is 11.9. The van der Waals surface area contributed by atoms with Crippen molar-refractivity contribution in [3.8, 4) is 18.1 Å². The lowest BCUT2D eigenvalue weighted by Crippen LogP contribution is -2.38. The van der Waals surface area contributed by atoms with E-state index in [0.29, 0.717) is 0 Å². The van der Waals surface area contributed by atoms with E-state index in [1.54, 1.807) is 32.9 Å². The Balaban J connectivity index is 2.16. The molecule has 1 aromatic rings. The van der Waals surface area contributed by atoms with Gasteiger partial charge in [0.2, 0.25) is 0 Å². The van der Waals surface area contributed by atoms with Gasteiger partial charge in [0.25, 0.3) is 0 Å². The van der Waals surface area contributed by atoms with E-state index in [4.69, 9.17) is 11.2 Å². The van der Waals surface area contributed by atoms with Crippen molar-refractivity contribution < 1.29 is 14.6 Å². The Morgan fingerprint density at radius 1 is 1.48 bits per heavy atom. The predicted molar refractivity (Wildman–Crippen MR) is 81.8 cm³/mol. The number of fused-ring (bicyclic) bond motifs is 1. The second kappa shape index (κ2) is 5.53. The Morgan fingerprint density at radius 2 is 2.19 bits per heavy atom. The molecule has 2 N–H and O–H groups in total. The first-order valence-corrected chi connectivity index (χ1v) is 6.78. The summed E-state index contributed by atoms with van der Waals surface area (Å²) in [5.74, 6) is 2.73. The third-order valence-electron chi connectivity index (χ3n) is 3.09. The zero-order chi connectivity index (χ0) is 15.6. The van der Waals surface area contributed by atoms with Crippen molar-refractivity contribution in [3.05, 3.63) is 35.4 Å². The second-order valence-corrected chi connectivity index (χ2v) is 5.95. The van der Waals surface area contributed by atoms with Gasteiger partial charge in [-0.2, -0.15) is 0 Å². The van der Waals surface area contributed by atoms with Crippen molar-refractivity contribution in [2.75, 3.05) is 0 Å². The third-order valence-corrected chi connectivity index (χ3v) is 3.09. The SMILES string of the molecule is C#CC(NC(=O)OC(C)(C)C)C1=CCc2ccc(O)cc21. The molecule has 1 unspecified atom stereocenters. The van der Waals surface area contributed by atoms with Crippen LogP contribution in [-0.4, -0.2) is 22.8 Å². The summed E-state index contributed by atoms with van der Waals surface area (Å²) in [5, 5.41) is 12.3. The molecular weight excluding hydrogens is 266 g/mol. The largest absolute Gasteiger partial charge is 0.508 e. The normalized spacial score (nSPS) is 14.7. The van der Waals surface area contributed by atoms with Gasteiger partial charge in [-0.3, -0.25) is 0 Å². The van der Waals surface area contributed by atoms with Gasteiger partial charge in [-0.05, 0) is 56.0 Å². The lowest BCUT2D eigenvalue weighted by molar-refractivity contribution is 0.0525. The molecule has 21 heavy (non-hydrogen) atoms. The van der Waals surface area contributed by atoms with Gasteiger partial charge in [-0.25, -0.2) is 4.79 Å². The number of hydrogen-bond acceptors (Lipinski definition) is 3. The maximum absolute atomic E-state index is 11.9. The number of phenolic OH excluding ortho intramolecular Hbond substituents is 1. The number of carbonyl (C=O) groups excluding carboxylic acids is 1. The molecule has 0 bridgehead atoms. The number of terminal acetylenes is 1. The highest BCUT2D eigenvalue weighted by molar-refractivity contribution is 5.82. The van der Waals surface area contributed by atoms with E-state index in [-0.39, 0.29) is 5.75 Å². The van der Waals surface area contributed by atoms with E-state index in [1.165, 1.54) is 0 Å². The number of hydrogen-bond donors (Lipinski definition) is 2. The molecule has 0 radical (unpaired) electrons. The average Bonchev–Trinajstić information content (AvgIpc) is 2.76. The summed E-state index contributed by atoms with van der Waals surface area (Å²) in [6.07, 6.45) is 7.68. The summed E-state index contributed by atoms with van der Waals surface area (Å²) in [6.45, 7) is 5.37. The monoisotopic (exact) mass is 285 g/mol.